The molecule has 4 aliphatic carbocycles. The Balaban J connectivity index is 0.000000212. The van der Waals surface area contributed by atoms with E-state index in [0.29, 0.717) is 68.7 Å². The van der Waals surface area contributed by atoms with Crippen LogP contribution in [-0.2, 0) is 48.0 Å². The van der Waals surface area contributed by atoms with E-state index in [-0.39, 0.29) is 137 Å². The minimum Gasteiger partial charge on any atom is -0.494 e. The third-order valence-electron chi connectivity index (χ3n) is 21.3. The van der Waals surface area contributed by atoms with Gasteiger partial charge in [-0.05, 0) is 179 Å². The number of allylic oxidation sites excluding steroid dienone is 2. The van der Waals surface area contributed by atoms with Crippen molar-refractivity contribution in [3.8, 4) is 22.3 Å². The fraction of sp³-hybridized carbons (Fsp3) is 0.439. The average Bonchev–Trinajstić information content (AvgIpc) is 1.63. The molecule has 4 fully saturated rings. The number of ether oxygens (including phenoxy) is 4. The number of rotatable bonds is 14. The molecule has 6 aromatic rings. The van der Waals surface area contributed by atoms with Crippen molar-refractivity contribution < 1.29 is 57.6 Å². The number of carbonyl (C=O) groups excluding carboxylic acids is 4. The van der Waals surface area contributed by atoms with Crippen molar-refractivity contribution in [3.63, 3.8) is 0 Å². The first-order valence-corrected chi connectivity index (χ1v) is 35.4. The van der Waals surface area contributed by atoms with Gasteiger partial charge in [0.15, 0.2) is 0 Å². The van der Waals surface area contributed by atoms with Crippen molar-refractivity contribution in [1.82, 2.24) is 9.97 Å². The SMILES string of the molecule is CC1CC(C)C(OC(=O)C2=C(c3ccccc3)C(=Cc3[n-]c(N)c(C(=O)OC4C(C)CC(C)CC4C)c3-c3ccccc3)N=C2N)C(C)C1.CC1CC(C)C(OC(=O)C2=C(c3ccccc3)C(=Cc3[n-]c(N)c(C(=O)OC4C(C)CC(C)CC4C)c3-c3ccccc3)N=C2N)C(C)C1.[Zn+2]. The number of anilines is 2. The summed E-state index contributed by atoms with van der Waals surface area (Å²) in [5, 5.41) is 0. The number of hydrogen-bond donors (Lipinski definition) is 4. The second-order valence-corrected chi connectivity index (χ2v) is 29.9. The molecule has 8 N–H and O–H groups in total. The van der Waals surface area contributed by atoms with Gasteiger partial charge in [0.2, 0.25) is 0 Å². The molecule has 0 bridgehead atoms. The molecule has 12 rings (SSSR count). The minimum absolute atomic E-state index is 0. The smallest absolute Gasteiger partial charge is 0.494 e. The van der Waals surface area contributed by atoms with E-state index in [9.17, 15) is 19.2 Å². The molecule has 8 unspecified atom stereocenters. The van der Waals surface area contributed by atoms with Gasteiger partial charge in [-0.1, -0.05) is 216 Å². The molecular weight excluding hydrogens is 1290 g/mol. The van der Waals surface area contributed by atoms with Gasteiger partial charge in [0, 0.05) is 11.1 Å². The van der Waals surface area contributed by atoms with E-state index < -0.39 is 23.9 Å². The zero-order chi connectivity index (χ0) is 70.0. The standard InChI is InChI=1S/2C41H50N4O4.Zn/c2*1-22-17-24(3)36(25(4)18-22)48-40(46)34-32(28-13-9-7-10-14-28)30(44-38(34)42)21-31-33(29-15-11-8-12-16-29)35(39(43)45-31)41(47)49-37-26(5)19-23(2)20-27(37)6;/h2*7-16,21-27,36-37H,17-20H2,1-6H3,(H5,42,43,44,45,46,47);/q;;+2/p-2. The first-order chi connectivity index (χ1) is 46.8. The summed E-state index contributed by atoms with van der Waals surface area (Å²) in [5.74, 6) is 2.47. The molecule has 4 saturated carbocycles. The first-order valence-electron chi connectivity index (χ1n) is 35.4. The normalized spacial score (nSPS) is 29.2. The largest absolute Gasteiger partial charge is 2.00 e. The number of nitrogens with zero attached hydrogens (tertiary/aromatic N) is 4. The Hall–Kier alpha value is -8.56. The fourth-order valence-electron chi connectivity index (χ4n) is 17.5. The molecule has 17 heteroatoms. The van der Waals surface area contributed by atoms with Crippen LogP contribution in [0.2, 0.25) is 0 Å². The summed E-state index contributed by atoms with van der Waals surface area (Å²) in [6.45, 7) is 26.1. The Kier molecular flexibility index (Phi) is 23.2. The molecule has 6 aliphatic rings. The topological polar surface area (TPSA) is 262 Å². The van der Waals surface area contributed by atoms with Gasteiger partial charge >= 0.3 is 43.4 Å². The summed E-state index contributed by atoms with van der Waals surface area (Å²) in [7, 11) is 0. The van der Waals surface area contributed by atoms with Gasteiger partial charge < -0.3 is 51.9 Å². The van der Waals surface area contributed by atoms with E-state index in [1.54, 1.807) is 12.2 Å². The summed E-state index contributed by atoms with van der Waals surface area (Å²) in [5.41, 5.74) is 34.1. The van der Waals surface area contributed by atoms with Crippen LogP contribution >= 0.6 is 0 Å². The molecule has 2 aromatic heterocycles. The Morgan fingerprint density at radius 1 is 0.364 bits per heavy atom. The number of hydrogen-bond acceptors (Lipinski definition) is 14. The van der Waals surface area contributed by atoms with Crippen LogP contribution < -0.4 is 32.9 Å². The zero-order valence-electron chi connectivity index (χ0n) is 59.7. The van der Waals surface area contributed by atoms with E-state index >= 15 is 0 Å². The van der Waals surface area contributed by atoms with Crippen molar-refractivity contribution >= 4 is 70.5 Å². The van der Waals surface area contributed by atoms with Crippen LogP contribution in [0.25, 0.3) is 45.6 Å². The average molecular weight is 1390 g/mol. The van der Waals surface area contributed by atoms with Crippen LogP contribution in [0.5, 0.6) is 0 Å². The number of carbonyl (C=O) groups is 4. The molecule has 4 heterocycles. The van der Waals surface area contributed by atoms with E-state index in [4.69, 9.17) is 61.8 Å². The molecule has 0 saturated heterocycles. The number of nitrogens with two attached hydrogens (primary N) is 4. The Morgan fingerprint density at radius 3 is 0.848 bits per heavy atom. The van der Waals surface area contributed by atoms with Crippen LogP contribution in [0.1, 0.15) is 178 Å². The minimum atomic E-state index is -0.491. The van der Waals surface area contributed by atoms with Crippen LogP contribution in [0.4, 0.5) is 11.6 Å². The molecule has 0 radical (unpaired) electrons. The summed E-state index contributed by atoms with van der Waals surface area (Å²) in [6.07, 6.45) is 10.6. The van der Waals surface area contributed by atoms with Crippen molar-refractivity contribution in [2.45, 2.75) is 159 Å². The molecule has 0 amide bonds. The van der Waals surface area contributed by atoms with Crippen LogP contribution in [-0.4, -0.2) is 60.0 Å². The molecule has 4 aromatic carbocycles. The quantitative estimate of drug-likeness (QED) is 0.0449. The molecule has 8 atom stereocenters. The van der Waals surface area contributed by atoms with Crippen molar-refractivity contribution in [2.24, 2.45) is 92.5 Å². The molecule has 2 aliphatic heterocycles. The predicted molar refractivity (Wildman–Crippen MR) is 390 cm³/mol. The van der Waals surface area contributed by atoms with Crippen LogP contribution in [0.15, 0.2) is 154 Å². The van der Waals surface area contributed by atoms with Gasteiger partial charge in [-0.15, -0.1) is 0 Å². The second kappa shape index (κ2) is 31.3. The number of nitrogen functional groups attached to an aromatic ring is 2. The van der Waals surface area contributed by atoms with Gasteiger partial charge in [-0.3, -0.25) is 0 Å². The maximum absolute atomic E-state index is 14.0. The van der Waals surface area contributed by atoms with Crippen LogP contribution in [0, 0.1) is 71.0 Å². The van der Waals surface area contributed by atoms with Gasteiger partial charge in [-0.2, -0.15) is 0 Å². The van der Waals surface area contributed by atoms with E-state index in [0.717, 1.165) is 73.6 Å². The van der Waals surface area contributed by atoms with E-state index in [2.05, 4.69) is 83.1 Å². The van der Waals surface area contributed by atoms with Crippen molar-refractivity contribution in [1.29, 1.82) is 0 Å². The summed E-state index contributed by atoms with van der Waals surface area (Å²) >= 11 is 0. The monoisotopic (exact) mass is 1390 g/mol. The van der Waals surface area contributed by atoms with Gasteiger partial charge in [-0.25, -0.2) is 29.2 Å². The van der Waals surface area contributed by atoms with Crippen LogP contribution in [0.3, 0.4) is 0 Å². The zero-order valence-corrected chi connectivity index (χ0v) is 62.6. The van der Waals surface area contributed by atoms with Gasteiger partial charge in [0.05, 0.1) is 22.5 Å². The van der Waals surface area contributed by atoms with Gasteiger partial charge in [0.1, 0.15) is 47.2 Å². The number of aliphatic imine (C=N–C) groups is 2. The van der Waals surface area contributed by atoms with Crippen molar-refractivity contribution in [2.75, 3.05) is 11.5 Å². The number of amidine groups is 2. The summed E-state index contributed by atoms with van der Waals surface area (Å²) < 4.78 is 24.9. The Labute approximate surface area is 597 Å². The molecular formula is C82H98N8O8Zn. The molecule has 99 heavy (non-hydrogen) atoms. The maximum Gasteiger partial charge on any atom is 2.00 e. The third-order valence-corrected chi connectivity index (χ3v) is 21.3. The van der Waals surface area contributed by atoms with Gasteiger partial charge in [0.25, 0.3) is 0 Å². The fourth-order valence-corrected chi connectivity index (χ4v) is 17.5. The molecule has 516 valence electrons. The second-order valence-electron chi connectivity index (χ2n) is 29.9. The predicted octanol–water partition coefficient (Wildman–Crippen LogP) is 15.8. The maximum atomic E-state index is 14.0. The third kappa shape index (κ3) is 15.9. The first kappa shape index (κ1) is 73.2. The van der Waals surface area contributed by atoms with E-state index in [1.807, 2.05) is 121 Å². The number of aromatic nitrogens is 2. The molecule has 0 spiro atoms. The van der Waals surface area contributed by atoms with E-state index in [1.165, 1.54) is 0 Å². The molecule has 16 nitrogen and oxygen atoms in total. The number of benzene rings is 4. The summed E-state index contributed by atoms with van der Waals surface area (Å²) in [4.78, 5) is 74.9. The summed E-state index contributed by atoms with van der Waals surface area (Å²) in [6, 6.07) is 38.2. The Morgan fingerprint density at radius 2 is 0.596 bits per heavy atom. The number of esters is 4. The van der Waals surface area contributed by atoms with Crippen molar-refractivity contribution in [3.05, 3.63) is 178 Å². The Bertz CT molecular complexity index is 3800.